The van der Waals surface area contributed by atoms with E-state index in [0.717, 1.165) is 38.1 Å². The van der Waals surface area contributed by atoms with Gasteiger partial charge in [0.15, 0.2) is 5.13 Å². The van der Waals surface area contributed by atoms with Crippen molar-refractivity contribution in [3.8, 4) is 22.8 Å². The standard InChI is InChI=1S/C21H19F3N4OS2/c1-2-4-13(5-3-8-21(22,23)24)9-15(25)11-26-19-27-12-18(30-19)14-6-7-16-17(10-14)31-20(29)28-16/h1,3-7,10,12,15H,8-9,11,25H2,(H,26,27)(H,28,29)/b5-3-,13-4+/t15-/m0/s1. The first-order valence-electron chi connectivity index (χ1n) is 9.20. The van der Waals surface area contributed by atoms with Gasteiger partial charge < -0.3 is 16.0 Å². The van der Waals surface area contributed by atoms with Crippen LogP contribution in [-0.2, 0) is 0 Å². The zero-order valence-electron chi connectivity index (χ0n) is 16.2. The SMILES string of the molecule is C#C/C=C(\C=C/CC(F)(F)F)C[C@H](N)CNc1ncc(-c2ccc3[nH]c(=O)sc3c2)s1. The molecule has 0 bridgehead atoms. The zero-order valence-corrected chi connectivity index (χ0v) is 17.8. The minimum atomic E-state index is -4.26. The van der Waals surface area contributed by atoms with Gasteiger partial charge in [-0.25, -0.2) is 4.98 Å². The highest BCUT2D eigenvalue weighted by Crippen LogP contribution is 2.31. The number of halogens is 3. The van der Waals surface area contributed by atoms with Gasteiger partial charge in [-0.2, -0.15) is 13.2 Å². The predicted molar refractivity (Wildman–Crippen MR) is 121 cm³/mol. The van der Waals surface area contributed by atoms with E-state index in [0.29, 0.717) is 23.7 Å². The molecular weight excluding hydrogens is 445 g/mol. The van der Waals surface area contributed by atoms with Crippen LogP contribution < -0.4 is 15.9 Å². The van der Waals surface area contributed by atoms with E-state index in [9.17, 15) is 18.0 Å². The first-order valence-corrected chi connectivity index (χ1v) is 10.8. The van der Waals surface area contributed by atoms with Crippen LogP contribution in [0.4, 0.5) is 18.3 Å². The molecule has 0 aliphatic heterocycles. The third-order valence-electron chi connectivity index (χ3n) is 4.17. The maximum absolute atomic E-state index is 12.3. The second-order valence-corrected chi connectivity index (χ2v) is 8.75. The summed E-state index contributed by atoms with van der Waals surface area (Å²) in [5.74, 6) is 2.33. The molecule has 0 unspecified atom stereocenters. The number of nitrogens with zero attached hydrogens (tertiary/aromatic N) is 1. The smallest absolute Gasteiger partial charge is 0.360 e. The Labute approximate surface area is 184 Å². The third kappa shape index (κ3) is 6.82. The van der Waals surface area contributed by atoms with E-state index in [2.05, 4.69) is 21.2 Å². The van der Waals surface area contributed by atoms with Crippen molar-refractivity contribution in [1.82, 2.24) is 9.97 Å². The molecule has 0 spiro atoms. The number of benzene rings is 1. The topological polar surface area (TPSA) is 83.8 Å². The fraction of sp³-hybridized carbons (Fsp3) is 0.238. The molecule has 162 valence electrons. The quantitative estimate of drug-likeness (QED) is 0.327. The van der Waals surface area contributed by atoms with E-state index < -0.39 is 12.6 Å². The summed E-state index contributed by atoms with van der Waals surface area (Å²) in [5.41, 5.74) is 8.41. The highest BCUT2D eigenvalue weighted by atomic mass is 32.1. The van der Waals surface area contributed by atoms with Crippen molar-refractivity contribution < 1.29 is 13.2 Å². The number of rotatable bonds is 8. The zero-order chi connectivity index (χ0) is 22.4. The first kappa shape index (κ1) is 22.8. The summed E-state index contributed by atoms with van der Waals surface area (Å²) < 4.78 is 37.8. The van der Waals surface area contributed by atoms with Gasteiger partial charge in [0.2, 0.25) is 0 Å². The Bertz CT molecular complexity index is 1200. The molecular formula is C21H19F3N4OS2. The first-order chi connectivity index (χ1) is 14.7. The van der Waals surface area contributed by atoms with Crippen LogP contribution in [0.5, 0.6) is 0 Å². The summed E-state index contributed by atoms with van der Waals surface area (Å²) in [7, 11) is 0. The van der Waals surface area contributed by atoms with Crippen LogP contribution in [-0.4, -0.2) is 28.7 Å². The minimum Gasteiger partial charge on any atom is -0.360 e. The number of nitrogens with one attached hydrogen (secondary N) is 2. The van der Waals surface area contributed by atoms with Crippen molar-refractivity contribution >= 4 is 38.0 Å². The number of anilines is 1. The van der Waals surface area contributed by atoms with E-state index >= 15 is 0 Å². The number of alkyl halides is 3. The highest BCUT2D eigenvalue weighted by Gasteiger charge is 2.24. The number of hydrogen-bond donors (Lipinski definition) is 3. The summed E-state index contributed by atoms with van der Waals surface area (Å²) in [6, 6.07) is 5.34. The van der Waals surface area contributed by atoms with Crippen LogP contribution in [0.1, 0.15) is 12.8 Å². The minimum absolute atomic E-state index is 0.0979. The normalized spacial score (nSPS) is 13.6. The molecule has 0 fully saturated rings. The molecule has 10 heteroatoms. The largest absolute Gasteiger partial charge is 0.392 e. The Morgan fingerprint density at radius 3 is 2.94 bits per heavy atom. The molecule has 1 aromatic carbocycles. The Kier molecular flexibility index (Phi) is 7.33. The van der Waals surface area contributed by atoms with Gasteiger partial charge >= 0.3 is 11.0 Å². The predicted octanol–water partition coefficient (Wildman–Crippen LogP) is 4.91. The maximum Gasteiger partial charge on any atom is 0.392 e. The van der Waals surface area contributed by atoms with E-state index in [-0.39, 0.29) is 10.9 Å². The molecule has 0 saturated carbocycles. The lowest BCUT2D eigenvalue weighted by Gasteiger charge is -2.12. The molecule has 3 aromatic rings. The Hall–Kier alpha value is -2.87. The molecule has 2 heterocycles. The van der Waals surface area contributed by atoms with Crippen LogP contribution in [0, 0.1) is 12.3 Å². The molecule has 3 rings (SSSR count). The Balaban J connectivity index is 1.58. The lowest BCUT2D eigenvalue weighted by Crippen LogP contribution is -2.29. The number of terminal acetylenes is 1. The monoisotopic (exact) mass is 464 g/mol. The summed E-state index contributed by atoms with van der Waals surface area (Å²) >= 11 is 2.59. The van der Waals surface area contributed by atoms with Crippen LogP contribution in [0.2, 0.25) is 0 Å². The van der Waals surface area contributed by atoms with Crippen molar-refractivity contribution in [3.63, 3.8) is 0 Å². The van der Waals surface area contributed by atoms with Crippen LogP contribution in [0.3, 0.4) is 0 Å². The molecule has 0 saturated heterocycles. The molecule has 0 radical (unpaired) electrons. The van der Waals surface area contributed by atoms with Crippen molar-refractivity contribution in [2.45, 2.75) is 25.1 Å². The number of allylic oxidation sites excluding steroid dienone is 3. The van der Waals surface area contributed by atoms with Gasteiger partial charge in [-0.15, -0.1) is 6.42 Å². The number of thiazole rings is 2. The van der Waals surface area contributed by atoms with Gasteiger partial charge in [0, 0.05) is 18.8 Å². The summed E-state index contributed by atoms with van der Waals surface area (Å²) in [6.45, 7) is 0.375. The number of aromatic amines is 1. The summed E-state index contributed by atoms with van der Waals surface area (Å²) in [4.78, 5) is 19.4. The third-order valence-corrected chi connectivity index (χ3v) is 6.02. The van der Waals surface area contributed by atoms with Gasteiger partial charge in [0.05, 0.1) is 21.5 Å². The number of aromatic nitrogens is 2. The highest BCUT2D eigenvalue weighted by molar-refractivity contribution is 7.19. The molecule has 4 N–H and O–H groups in total. The van der Waals surface area contributed by atoms with Gasteiger partial charge in [-0.05, 0) is 35.8 Å². The van der Waals surface area contributed by atoms with Crippen LogP contribution in [0.25, 0.3) is 20.7 Å². The average Bonchev–Trinajstić information content (AvgIpc) is 3.30. The summed E-state index contributed by atoms with van der Waals surface area (Å²) in [6.07, 6.45) is 5.86. The molecule has 2 aromatic heterocycles. The number of fused-ring (bicyclic) bond motifs is 1. The van der Waals surface area contributed by atoms with E-state index in [1.165, 1.54) is 23.5 Å². The van der Waals surface area contributed by atoms with Crippen molar-refractivity contribution in [3.05, 3.63) is 57.9 Å². The van der Waals surface area contributed by atoms with Gasteiger partial charge in [0.1, 0.15) is 0 Å². The molecule has 0 amide bonds. The fourth-order valence-corrected chi connectivity index (χ4v) is 4.40. The number of H-pyrrole nitrogens is 1. The second kappa shape index (κ2) is 9.96. The molecule has 1 atom stereocenters. The lowest BCUT2D eigenvalue weighted by atomic mass is 10.1. The maximum atomic E-state index is 12.3. The van der Waals surface area contributed by atoms with Crippen molar-refractivity contribution in [2.24, 2.45) is 5.73 Å². The molecule has 0 aliphatic carbocycles. The summed E-state index contributed by atoms with van der Waals surface area (Å²) in [5, 5.41) is 3.82. The average molecular weight is 465 g/mol. The Morgan fingerprint density at radius 2 is 2.19 bits per heavy atom. The number of nitrogens with two attached hydrogens (primary N) is 1. The van der Waals surface area contributed by atoms with E-state index in [1.54, 1.807) is 6.20 Å². The van der Waals surface area contributed by atoms with E-state index in [4.69, 9.17) is 12.2 Å². The number of hydrogen-bond acceptors (Lipinski definition) is 6. The lowest BCUT2D eigenvalue weighted by molar-refractivity contribution is -0.125. The van der Waals surface area contributed by atoms with Gasteiger partial charge in [0.25, 0.3) is 0 Å². The fourth-order valence-electron chi connectivity index (χ4n) is 2.81. The van der Waals surface area contributed by atoms with Gasteiger partial charge in [-0.3, -0.25) is 4.79 Å². The van der Waals surface area contributed by atoms with Crippen molar-refractivity contribution in [2.75, 3.05) is 11.9 Å². The molecule has 31 heavy (non-hydrogen) atoms. The van der Waals surface area contributed by atoms with Crippen LogP contribution in [0.15, 0.2) is 53.0 Å². The Morgan fingerprint density at radius 1 is 1.39 bits per heavy atom. The molecule has 5 nitrogen and oxygen atoms in total. The second-order valence-electron chi connectivity index (χ2n) is 6.71. The van der Waals surface area contributed by atoms with Crippen LogP contribution >= 0.6 is 22.7 Å². The van der Waals surface area contributed by atoms with Gasteiger partial charge in [-0.1, -0.05) is 46.8 Å². The van der Waals surface area contributed by atoms with E-state index in [1.807, 2.05) is 18.2 Å². The van der Waals surface area contributed by atoms with Crippen molar-refractivity contribution in [1.29, 1.82) is 0 Å². The molecule has 0 aliphatic rings.